The molecule has 0 bridgehead atoms. The van der Waals surface area contributed by atoms with Gasteiger partial charge in [0.05, 0.1) is 6.10 Å². The number of nitrogens with zero attached hydrogens (tertiary/aromatic N) is 1. The van der Waals surface area contributed by atoms with Gasteiger partial charge in [0.2, 0.25) is 0 Å². The summed E-state index contributed by atoms with van der Waals surface area (Å²) < 4.78 is 11.2. The van der Waals surface area contributed by atoms with Crippen LogP contribution in [0.3, 0.4) is 0 Å². The van der Waals surface area contributed by atoms with Gasteiger partial charge in [0.25, 0.3) is 0 Å². The minimum Gasteiger partial charge on any atom is -0.381 e. The number of hydrogen-bond acceptors (Lipinski definition) is 4. The largest absolute Gasteiger partial charge is 0.381 e. The van der Waals surface area contributed by atoms with Crippen molar-refractivity contribution >= 4 is 0 Å². The lowest BCUT2D eigenvalue weighted by molar-refractivity contribution is -0.0119. The van der Waals surface area contributed by atoms with Crippen LogP contribution in [0.1, 0.15) is 26.2 Å². The lowest BCUT2D eigenvalue weighted by atomic mass is 9.79. The van der Waals surface area contributed by atoms with Crippen LogP contribution in [0.4, 0.5) is 0 Å². The molecule has 2 rings (SSSR count). The molecule has 0 spiro atoms. The third kappa shape index (κ3) is 3.23. The summed E-state index contributed by atoms with van der Waals surface area (Å²) in [5.74, 6) is 0. The molecule has 0 amide bonds. The predicted octanol–water partition coefficient (Wildman–Crippen LogP) is 1.11. The van der Waals surface area contributed by atoms with Crippen LogP contribution in [0.15, 0.2) is 0 Å². The molecular weight excluding hydrogens is 228 g/mol. The predicted molar refractivity (Wildman–Crippen MR) is 72.9 cm³/mol. The summed E-state index contributed by atoms with van der Waals surface area (Å²) in [7, 11) is 4.31. The molecule has 106 valence electrons. The Bertz CT molecular complexity index is 249. The van der Waals surface area contributed by atoms with Crippen molar-refractivity contribution < 1.29 is 9.47 Å². The zero-order chi connectivity index (χ0) is 13.0. The first-order valence-electron chi connectivity index (χ1n) is 7.21. The monoisotopic (exact) mass is 256 g/mol. The third-order valence-corrected chi connectivity index (χ3v) is 4.59. The van der Waals surface area contributed by atoms with Crippen molar-refractivity contribution in [2.45, 2.75) is 38.3 Å². The highest BCUT2D eigenvalue weighted by molar-refractivity contribution is 4.90. The molecule has 4 heteroatoms. The zero-order valence-electron chi connectivity index (χ0n) is 12.1. The van der Waals surface area contributed by atoms with E-state index in [2.05, 4.69) is 31.2 Å². The van der Waals surface area contributed by atoms with Gasteiger partial charge in [0, 0.05) is 39.0 Å². The molecule has 18 heavy (non-hydrogen) atoms. The van der Waals surface area contributed by atoms with Gasteiger partial charge in [0.15, 0.2) is 0 Å². The van der Waals surface area contributed by atoms with Gasteiger partial charge >= 0.3 is 0 Å². The molecule has 2 fully saturated rings. The van der Waals surface area contributed by atoms with E-state index in [0.29, 0.717) is 17.6 Å². The summed E-state index contributed by atoms with van der Waals surface area (Å²) in [4.78, 5) is 2.51. The van der Waals surface area contributed by atoms with E-state index in [1.807, 2.05) is 0 Å². The molecule has 2 heterocycles. The Labute approximate surface area is 111 Å². The Hall–Kier alpha value is -0.160. The van der Waals surface area contributed by atoms with Gasteiger partial charge in [-0.25, -0.2) is 0 Å². The van der Waals surface area contributed by atoms with Gasteiger partial charge < -0.3 is 19.7 Å². The van der Waals surface area contributed by atoms with Crippen LogP contribution in [0.5, 0.6) is 0 Å². The van der Waals surface area contributed by atoms with Crippen molar-refractivity contribution in [3.63, 3.8) is 0 Å². The topological polar surface area (TPSA) is 33.7 Å². The first kappa shape index (κ1) is 14.3. The van der Waals surface area contributed by atoms with Crippen LogP contribution in [0.25, 0.3) is 0 Å². The van der Waals surface area contributed by atoms with Crippen molar-refractivity contribution in [2.75, 3.05) is 47.0 Å². The molecule has 2 atom stereocenters. The fourth-order valence-corrected chi connectivity index (χ4v) is 3.52. The average molecular weight is 256 g/mol. The molecule has 2 aliphatic rings. The minimum atomic E-state index is 0.376. The van der Waals surface area contributed by atoms with Crippen molar-refractivity contribution in [3.05, 3.63) is 0 Å². The van der Waals surface area contributed by atoms with E-state index in [1.54, 1.807) is 0 Å². The third-order valence-electron chi connectivity index (χ3n) is 4.59. The van der Waals surface area contributed by atoms with E-state index >= 15 is 0 Å². The summed E-state index contributed by atoms with van der Waals surface area (Å²) >= 11 is 0. The van der Waals surface area contributed by atoms with Gasteiger partial charge in [-0.1, -0.05) is 0 Å². The Morgan fingerprint density at radius 2 is 2.00 bits per heavy atom. The molecule has 0 aromatic rings. The molecule has 4 nitrogen and oxygen atoms in total. The molecule has 2 unspecified atom stereocenters. The molecule has 2 aliphatic heterocycles. The smallest absolute Gasteiger partial charge is 0.0702 e. The maximum Gasteiger partial charge on any atom is 0.0702 e. The normalized spacial score (nSPS) is 32.0. The van der Waals surface area contributed by atoms with Gasteiger partial charge in [-0.05, 0) is 45.7 Å². The van der Waals surface area contributed by atoms with E-state index in [0.717, 1.165) is 32.9 Å². The quantitative estimate of drug-likeness (QED) is 0.799. The standard InChI is InChI=1S/C14H28N2O2/c1-12-13(4-7-18-12)16(3)11-14(10-15-2)5-8-17-9-6-14/h12-13,15H,4-11H2,1-3H3. The Kier molecular flexibility index (Phi) is 5.01. The summed E-state index contributed by atoms with van der Waals surface area (Å²) in [6.07, 6.45) is 3.88. The van der Waals surface area contributed by atoms with Gasteiger partial charge in [-0.3, -0.25) is 0 Å². The van der Waals surface area contributed by atoms with Crippen LogP contribution in [0, 0.1) is 5.41 Å². The van der Waals surface area contributed by atoms with Crippen LogP contribution in [-0.4, -0.2) is 64.1 Å². The highest BCUT2D eigenvalue weighted by atomic mass is 16.5. The Morgan fingerprint density at radius 1 is 1.28 bits per heavy atom. The average Bonchev–Trinajstić information content (AvgIpc) is 2.77. The van der Waals surface area contributed by atoms with Gasteiger partial charge in [-0.15, -0.1) is 0 Å². The number of likely N-dealkylation sites (N-methyl/N-ethyl adjacent to an activating group) is 1. The molecular formula is C14H28N2O2. The first-order chi connectivity index (χ1) is 8.67. The van der Waals surface area contributed by atoms with Gasteiger partial charge in [0.1, 0.15) is 0 Å². The molecule has 0 aliphatic carbocycles. The number of hydrogen-bond donors (Lipinski definition) is 1. The molecule has 1 N–H and O–H groups in total. The summed E-state index contributed by atoms with van der Waals surface area (Å²) in [6.45, 7) is 7.16. The summed E-state index contributed by atoms with van der Waals surface area (Å²) in [5, 5.41) is 3.37. The lowest BCUT2D eigenvalue weighted by Crippen LogP contribution is -2.49. The summed E-state index contributed by atoms with van der Waals surface area (Å²) in [5.41, 5.74) is 0.379. The van der Waals surface area contributed by atoms with Crippen molar-refractivity contribution in [1.29, 1.82) is 0 Å². The first-order valence-corrected chi connectivity index (χ1v) is 7.21. The van der Waals surface area contributed by atoms with E-state index in [4.69, 9.17) is 9.47 Å². The lowest BCUT2D eigenvalue weighted by Gasteiger charge is -2.42. The van der Waals surface area contributed by atoms with Crippen LogP contribution < -0.4 is 5.32 Å². The molecule has 0 aromatic heterocycles. The molecule has 2 saturated heterocycles. The molecule has 0 aromatic carbocycles. The highest BCUT2D eigenvalue weighted by Gasteiger charge is 2.36. The second kappa shape index (κ2) is 6.33. The second-order valence-electron chi connectivity index (χ2n) is 5.99. The number of nitrogens with one attached hydrogen (secondary N) is 1. The highest BCUT2D eigenvalue weighted by Crippen LogP contribution is 2.32. The molecule has 0 saturated carbocycles. The van der Waals surface area contributed by atoms with Crippen molar-refractivity contribution in [3.8, 4) is 0 Å². The molecule has 0 radical (unpaired) electrons. The minimum absolute atomic E-state index is 0.376. The fourth-order valence-electron chi connectivity index (χ4n) is 3.52. The number of rotatable bonds is 5. The van der Waals surface area contributed by atoms with E-state index < -0.39 is 0 Å². The van der Waals surface area contributed by atoms with Crippen LogP contribution in [-0.2, 0) is 9.47 Å². The van der Waals surface area contributed by atoms with E-state index in [1.165, 1.54) is 19.3 Å². The van der Waals surface area contributed by atoms with E-state index in [-0.39, 0.29) is 0 Å². The Balaban J connectivity index is 1.95. The SMILES string of the molecule is CNCC1(CN(C)C2CCOC2C)CCOCC1. The maximum atomic E-state index is 5.69. The number of ether oxygens (including phenoxy) is 2. The maximum absolute atomic E-state index is 5.69. The van der Waals surface area contributed by atoms with Crippen LogP contribution in [0.2, 0.25) is 0 Å². The van der Waals surface area contributed by atoms with Crippen LogP contribution >= 0.6 is 0 Å². The zero-order valence-corrected chi connectivity index (χ0v) is 12.1. The Morgan fingerprint density at radius 3 is 2.56 bits per heavy atom. The van der Waals surface area contributed by atoms with Gasteiger partial charge in [-0.2, -0.15) is 0 Å². The van der Waals surface area contributed by atoms with Crippen molar-refractivity contribution in [2.24, 2.45) is 5.41 Å². The fraction of sp³-hybridized carbons (Fsp3) is 1.00. The summed E-state index contributed by atoms with van der Waals surface area (Å²) in [6, 6.07) is 0.585. The van der Waals surface area contributed by atoms with Crippen molar-refractivity contribution in [1.82, 2.24) is 10.2 Å². The van der Waals surface area contributed by atoms with E-state index in [9.17, 15) is 0 Å². The second-order valence-corrected chi connectivity index (χ2v) is 5.99.